The van der Waals surface area contributed by atoms with Crippen molar-refractivity contribution < 1.29 is 4.79 Å². The summed E-state index contributed by atoms with van der Waals surface area (Å²) < 4.78 is 0. The number of anilines is 2. The Bertz CT molecular complexity index is 374. The lowest BCUT2D eigenvalue weighted by Gasteiger charge is -2.07. The van der Waals surface area contributed by atoms with Crippen molar-refractivity contribution in [2.75, 3.05) is 11.1 Å². The number of nitrogens with two attached hydrogens (primary N) is 1. The van der Waals surface area contributed by atoms with E-state index >= 15 is 0 Å². The molecule has 74 valence electrons. The summed E-state index contributed by atoms with van der Waals surface area (Å²) in [5, 5.41) is 2.89. The van der Waals surface area contributed by atoms with Crippen LogP contribution in [0.25, 0.3) is 0 Å². The van der Waals surface area contributed by atoms with Crippen molar-refractivity contribution in [2.45, 2.75) is 19.8 Å². The van der Waals surface area contributed by atoms with Crippen molar-refractivity contribution in [2.24, 2.45) is 5.92 Å². The minimum Gasteiger partial charge on any atom is -0.399 e. The zero-order valence-corrected chi connectivity index (χ0v) is 8.21. The lowest BCUT2D eigenvalue weighted by molar-refractivity contribution is -0.116. The molecule has 0 fully saturated rings. The van der Waals surface area contributed by atoms with Gasteiger partial charge < -0.3 is 11.1 Å². The van der Waals surface area contributed by atoms with Crippen molar-refractivity contribution >= 4 is 17.3 Å². The quantitative estimate of drug-likeness (QED) is 0.613. The molecule has 14 heavy (non-hydrogen) atoms. The first-order valence-corrected chi connectivity index (χ1v) is 4.83. The maximum Gasteiger partial charge on any atom is 0.224 e. The molecule has 0 saturated heterocycles. The van der Waals surface area contributed by atoms with Crippen molar-refractivity contribution in [3.63, 3.8) is 0 Å². The molecule has 0 aliphatic carbocycles. The highest BCUT2D eigenvalue weighted by Crippen LogP contribution is 2.26. The number of rotatable bonds is 0. The zero-order chi connectivity index (χ0) is 10.1. The predicted molar refractivity (Wildman–Crippen MR) is 57.0 cm³/mol. The molecule has 3 N–H and O–H groups in total. The van der Waals surface area contributed by atoms with Gasteiger partial charge in [0.15, 0.2) is 0 Å². The van der Waals surface area contributed by atoms with Gasteiger partial charge in [-0.25, -0.2) is 0 Å². The van der Waals surface area contributed by atoms with E-state index in [-0.39, 0.29) is 5.91 Å². The van der Waals surface area contributed by atoms with Crippen molar-refractivity contribution in [3.05, 3.63) is 23.8 Å². The summed E-state index contributed by atoms with van der Waals surface area (Å²) in [5.74, 6) is 0.485. The van der Waals surface area contributed by atoms with Crippen LogP contribution in [0.2, 0.25) is 0 Å². The van der Waals surface area contributed by atoms with E-state index in [1.54, 1.807) is 0 Å². The fourth-order valence-corrected chi connectivity index (χ4v) is 1.87. The highest BCUT2D eigenvalue weighted by atomic mass is 16.1. The smallest absolute Gasteiger partial charge is 0.224 e. The summed E-state index contributed by atoms with van der Waals surface area (Å²) in [6.07, 6.45) is 1.51. The van der Waals surface area contributed by atoms with Gasteiger partial charge in [-0.15, -0.1) is 0 Å². The minimum atomic E-state index is 0.0982. The van der Waals surface area contributed by atoms with Gasteiger partial charge in [-0.3, -0.25) is 4.79 Å². The van der Waals surface area contributed by atoms with Crippen LogP contribution < -0.4 is 11.1 Å². The van der Waals surface area contributed by atoms with E-state index in [0.717, 1.165) is 23.4 Å². The van der Waals surface area contributed by atoms with E-state index in [1.807, 2.05) is 18.2 Å². The second kappa shape index (κ2) is 3.33. The third-order valence-corrected chi connectivity index (χ3v) is 2.51. The Morgan fingerprint density at radius 1 is 1.43 bits per heavy atom. The van der Waals surface area contributed by atoms with Crippen LogP contribution in [0, 0.1) is 5.92 Å². The number of nitrogen functional groups attached to an aromatic ring is 1. The van der Waals surface area contributed by atoms with Crippen molar-refractivity contribution in [1.29, 1.82) is 0 Å². The average molecular weight is 190 g/mol. The summed E-state index contributed by atoms with van der Waals surface area (Å²) >= 11 is 0. The van der Waals surface area contributed by atoms with Crippen LogP contribution in [-0.4, -0.2) is 5.91 Å². The summed E-state index contributed by atoms with van der Waals surface area (Å²) in [6.45, 7) is 2.08. The van der Waals surface area contributed by atoms with Crippen LogP contribution in [0.4, 0.5) is 11.4 Å². The van der Waals surface area contributed by atoms with E-state index in [0.29, 0.717) is 12.3 Å². The van der Waals surface area contributed by atoms with Gasteiger partial charge in [0.1, 0.15) is 0 Å². The summed E-state index contributed by atoms with van der Waals surface area (Å²) in [5.41, 5.74) is 8.51. The molecular formula is C11H14N2O. The Morgan fingerprint density at radius 3 is 3.00 bits per heavy atom. The SMILES string of the molecule is CC1CC(=O)Nc2ccc(N)cc2C1. The monoisotopic (exact) mass is 190 g/mol. The Labute approximate surface area is 83.3 Å². The highest BCUT2D eigenvalue weighted by molar-refractivity contribution is 5.92. The normalized spacial score (nSPS) is 20.9. The number of nitrogens with one attached hydrogen (secondary N) is 1. The van der Waals surface area contributed by atoms with E-state index in [2.05, 4.69) is 12.2 Å². The lowest BCUT2D eigenvalue weighted by atomic mass is 9.98. The molecular weight excluding hydrogens is 176 g/mol. The molecule has 2 rings (SSSR count). The van der Waals surface area contributed by atoms with Crippen LogP contribution in [0.1, 0.15) is 18.9 Å². The molecule has 1 unspecified atom stereocenters. The molecule has 1 heterocycles. The molecule has 0 bridgehead atoms. The van der Waals surface area contributed by atoms with Gasteiger partial charge >= 0.3 is 0 Å². The second-order valence-electron chi connectivity index (χ2n) is 3.98. The van der Waals surface area contributed by atoms with Crippen LogP contribution in [0.15, 0.2) is 18.2 Å². The first-order chi connectivity index (χ1) is 6.65. The van der Waals surface area contributed by atoms with E-state index in [4.69, 9.17) is 5.73 Å². The number of hydrogen-bond donors (Lipinski definition) is 2. The average Bonchev–Trinajstić information content (AvgIpc) is 2.21. The lowest BCUT2D eigenvalue weighted by Crippen LogP contribution is -2.11. The Hall–Kier alpha value is -1.51. The second-order valence-corrected chi connectivity index (χ2v) is 3.98. The van der Waals surface area contributed by atoms with Crippen LogP contribution in [-0.2, 0) is 11.2 Å². The largest absolute Gasteiger partial charge is 0.399 e. The summed E-state index contributed by atoms with van der Waals surface area (Å²) in [4.78, 5) is 11.4. The molecule has 1 amide bonds. The third kappa shape index (κ3) is 1.71. The maximum absolute atomic E-state index is 11.4. The number of carbonyl (C=O) groups is 1. The van der Waals surface area contributed by atoms with Gasteiger partial charge in [0.05, 0.1) is 0 Å². The number of fused-ring (bicyclic) bond motifs is 1. The fraction of sp³-hybridized carbons (Fsp3) is 0.364. The van der Waals surface area contributed by atoms with Gasteiger partial charge in [0.2, 0.25) is 5.91 Å². The first-order valence-electron chi connectivity index (χ1n) is 4.83. The standard InChI is InChI=1S/C11H14N2O/c1-7-4-8-6-9(12)2-3-10(8)13-11(14)5-7/h2-3,6-7H,4-5,12H2,1H3,(H,13,14). The molecule has 1 aromatic rings. The fourth-order valence-electron chi connectivity index (χ4n) is 1.87. The predicted octanol–water partition coefficient (Wildman–Crippen LogP) is 1.79. The third-order valence-electron chi connectivity index (χ3n) is 2.51. The maximum atomic E-state index is 11.4. The number of amides is 1. The van der Waals surface area contributed by atoms with Crippen molar-refractivity contribution in [3.8, 4) is 0 Å². The Balaban J connectivity index is 2.41. The van der Waals surface area contributed by atoms with Crippen LogP contribution >= 0.6 is 0 Å². The highest BCUT2D eigenvalue weighted by Gasteiger charge is 2.17. The molecule has 1 aliphatic rings. The number of hydrogen-bond acceptors (Lipinski definition) is 2. The van der Waals surface area contributed by atoms with E-state index < -0.39 is 0 Å². The molecule has 3 heteroatoms. The minimum absolute atomic E-state index is 0.0982. The van der Waals surface area contributed by atoms with Gasteiger partial charge in [-0.1, -0.05) is 6.92 Å². The summed E-state index contributed by atoms with van der Waals surface area (Å²) in [7, 11) is 0. The molecule has 0 aromatic heterocycles. The Kier molecular flexibility index (Phi) is 2.15. The molecule has 0 spiro atoms. The molecule has 1 atom stereocenters. The van der Waals surface area contributed by atoms with Crippen molar-refractivity contribution in [1.82, 2.24) is 0 Å². The molecule has 1 aromatic carbocycles. The molecule has 1 aliphatic heterocycles. The van der Waals surface area contributed by atoms with Crippen LogP contribution in [0.5, 0.6) is 0 Å². The van der Waals surface area contributed by atoms with Gasteiger partial charge in [0.25, 0.3) is 0 Å². The van der Waals surface area contributed by atoms with E-state index in [1.165, 1.54) is 0 Å². The van der Waals surface area contributed by atoms with E-state index in [9.17, 15) is 4.79 Å². The molecule has 3 nitrogen and oxygen atoms in total. The van der Waals surface area contributed by atoms with Gasteiger partial charge in [0, 0.05) is 17.8 Å². The number of benzene rings is 1. The Morgan fingerprint density at radius 2 is 2.21 bits per heavy atom. The van der Waals surface area contributed by atoms with Gasteiger partial charge in [-0.05, 0) is 36.1 Å². The van der Waals surface area contributed by atoms with Gasteiger partial charge in [-0.2, -0.15) is 0 Å². The molecule has 0 radical (unpaired) electrons. The zero-order valence-electron chi connectivity index (χ0n) is 8.21. The summed E-state index contributed by atoms with van der Waals surface area (Å²) in [6, 6.07) is 5.63. The first kappa shape index (κ1) is 9.06. The number of carbonyl (C=O) groups excluding carboxylic acids is 1. The topological polar surface area (TPSA) is 55.1 Å². The molecule has 0 saturated carbocycles. The van der Waals surface area contributed by atoms with Crippen LogP contribution in [0.3, 0.4) is 0 Å².